The molecule has 2 aromatic rings. The molecule has 0 bridgehead atoms. The molecule has 0 heterocycles. The number of nitrogens with one attached hydrogen (secondary N) is 1. The van der Waals surface area contributed by atoms with Crippen molar-refractivity contribution in [3.05, 3.63) is 42.5 Å². The van der Waals surface area contributed by atoms with Gasteiger partial charge in [0.2, 0.25) is 5.91 Å². The second kappa shape index (κ2) is 7.04. The lowest BCUT2D eigenvalue weighted by Gasteiger charge is -2.20. The van der Waals surface area contributed by atoms with Crippen molar-refractivity contribution in [1.82, 2.24) is 4.90 Å². The Labute approximate surface area is 129 Å². The molecule has 0 aromatic heterocycles. The van der Waals surface area contributed by atoms with Gasteiger partial charge in [-0.1, -0.05) is 36.4 Å². The molecule has 0 radical (unpaired) electrons. The van der Waals surface area contributed by atoms with Gasteiger partial charge >= 0.3 is 5.97 Å². The number of benzene rings is 2. The minimum absolute atomic E-state index is 0.124. The predicted octanol–water partition coefficient (Wildman–Crippen LogP) is 2.57. The number of hydrogen-bond donors (Lipinski definition) is 2. The highest BCUT2D eigenvalue weighted by atomic mass is 16.4. The van der Waals surface area contributed by atoms with Crippen LogP contribution in [0.2, 0.25) is 0 Å². The third-order valence-electron chi connectivity index (χ3n) is 3.77. The Kier molecular flexibility index (Phi) is 5.12. The van der Waals surface area contributed by atoms with Crippen LogP contribution in [0.4, 0.5) is 5.69 Å². The third-order valence-corrected chi connectivity index (χ3v) is 3.77. The second-order valence-corrected chi connectivity index (χ2v) is 5.32. The van der Waals surface area contributed by atoms with Crippen LogP contribution in [0.5, 0.6) is 0 Å². The van der Waals surface area contributed by atoms with E-state index in [0.717, 1.165) is 16.5 Å². The number of hydrogen-bond acceptors (Lipinski definition) is 3. The smallest absolute Gasteiger partial charge is 0.320 e. The fraction of sp³-hybridized carbons (Fsp3) is 0.294. The average Bonchev–Trinajstić information content (AvgIpc) is 2.52. The van der Waals surface area contributed by atoms with Crippen molar-refractivity contribution < 1.29 is 14.7 Å². The Morgan fingerprint density at radius 2 is 1.86 bits per heavy atom. The standard InChI is InChI=1S/C17H20N2O3/c1-12(17(21)22)19(2)11-10-16(20)18-15-9-5-7-13-6-3-4-8-14(13)15/h3-9,12H,10-11H2,1-2H3,(H,18,20)(H,21,22). The fourth-order valence-electron chi connectivity index (χ4n) is 2.21. The molecule has 5 nitrogen and oxygen atoms in total. The van der Waals surface area contributed by atoms with Crippen molar-refractivity contribution in [2.24, 2.45) is 0 Å². The first kappa shape index (κ1) is 16.0. The van der Waals surface area contributed by atoms with E-state index in [1.54, 1.807) is 18.9 Å². The van der Waals surface area contributed by atoms with Gasteiger partial charge in [0.15, 0.2) is 0 Å². The summed E-state index contributed by atoms with van der Waals surface area (Å²) < 4.78 is 0. The van der Waals surface area contributed by atoms with Gasteiger partial charge in [0.25, 0.3) is 0 Å². The zero-order valence-corrected chi connectivity index (χ0v) is 12.7. The summed E-state index contributed by atoms with van der Waals surface area (Å²) in [6, 6.07) is 13.0. The number of carbonyl (C=O) groups is 2. The summed E-state index contributed by atoms with van der Waals surface area (Å²) in [4.78, 5) is 24.6. The topological polar surface area (TPSA) is 69.6 Å². The number of fused-ring (bicyclic) bond motifs is 1. The van der Waals surface area contributed by atoms with E-state index in [2.05, 4.69) is 5.32 Å². The van der Waals surface area contributed by atoms with Crippen LogP contribution in [0.1, 0.15) is 13.3 Å². The SMILES string of the molecule is CC(C(=O)O)N(C)CCC(=O)Nc1cccc2ccccc12. The summed E-state index contributed by atoms with van der Waals surface area (Å²) in [5.74, 6) is -1.02. The van der Waals surface area contributed by atoms with E-state index in [1.165, 1.54) is 0 Å². The Morgan fingerprint density at radius 3 is 2.59 bits per heavy atom. The van der Waals surface area contributed by atoms with Gasteiger partial charge in [-0.25, -0.2) is 0 Å². The van der Waals surface area contributed by atoms with Gasteiger partial charge in [-0.15, -0.1) is 0 Å². The molecule has 1 unspecified atom stereocenters. The zero-order chi connectivity index (χ0) is 16.1. The van der Waals surface area contributed by atoms with Crippen LogP contribution in [-0.4, -0.2) is 41.5 Å². The van der Waals surface area contributed by atoms with E-state index in [4.69, 9.17) is 5.11 Å². The highest BCUT2D eigenvalue weighted by Crippen LogP contribution is 2.22. The summed E-state index contributed by atoms with van der Waals surface area (Å²) in [5, 5.41) is 13.9. The van der Waals surface area contributed by atoms with E-state index in [1.807, 2.05) is 42.5 Å². The molecular formula is C17H20N2O3. The fourth-order valence-corrected chi connectivity index (χ4v) is 2.21. The van der Waals surface area contributed by atoms with Crippen LogP contribution in [0, 0.1) is 0 Å². The molecule has 2 rings (SSSR count). The van der Waals surface area contributed by atoms with Gasteiger partial charge in [-0.2, -0.15) is 0 Å². The monoisotopic (exact) mass is 300 g/mol. The molecule has 1 amide bonds. The average molecular weight is 300 g/mol. The van der Waals surface area contributed by atoms with E-state index >= 15 is 0 Å². The number of nitrogens with zero attached hydrogens (tertiary/aromatic N) is 1. The quantitative estimate of drug-likeness (QED) is 0.860. The molecule has 22 heavy (non-hydrogen) atoms. The van der Waals surface area contributed by atoms with Crippen LogP contribution in [0.25, 0.3) is 10.8 Å². The number of carboxylic acids is 1. The van der Waals surface area contributed by atoms with Crippen molar-refractivity contribution in [2.75, 3.05) is 18.9 Å². The third kappa shape index (κ3) is 3.83. The maximum atomic E-state index is 12.1. The van der Waals surface area contributed by atoms with Gasteiger partial charge < -0.3 is 10.4 Å². The molecule has 2 N–H and O–H groups in total. The Bertz CT molecular complexity index is 679. The Balaban J connectivity index is 1.98. The lowest BCUT2D eigenvalue weighted by atomic mass is 10.1. The highest BCUT2D eigenvalue weighted by molar-refractivity contribution is 6.02. The van der Waals surface area contributed by atoms with Crippen molar-refractivity contribution in [1.29, 1.82) is 0 Å². The van der Waals surface area contributed by atoms with E-state index in [0.29, 0.717) is 6.54 Å². The first-order chi connectivity index (χ1) is 10.5. The molecule has 0 saturated heterocycles. The molecule has 0 saturated carbocycles. The molecule has 0 fully saturated rings. The first-order valence-corrected chi connectivity index (χ1v) is 7.19. The minimum atomic E-state index is -0.892. The number of aliphatic carboxylic acids is 1. The number of carboxylic acid groups (broad SMARTS) is 1. The number of likely N-dealkylation sites (N-methyl/N-ethyl adjacent to an activating group) is 1. The van der Waals surface area contributed by atoms with Crippen LogP contribution in [0.15, 0.2) is 42.5 Å². The van der Waals surface area contributed by atoms with Crippen molar-refractivity contribution in [2.45, 2.75) is 19.4 Å². The predicted molar refractivity (Wildman–Crippen MR) is 86.9 cm³/mol. The molecule has 2 aromatic carbocycles. The lowest BCUT2D eigenvalue weighted by molar-refractivity contribution is -0.142. The van der Waals surface area contributed by atoms with E-state index in [9.17, 15) is 9.59 Å². The molecule has 0 spiro atoms. The highest BCUT2D eigenvalue weighted by Gasteiger charge is 2.17. The van der Waals surface area contributed by atoms with E-state index < -0.39 is 12.0 Å². The van der Waals surface area contributed by atoms with Gasteiger partial charge in [-0.05, 0) is 25.4 Å². The first-order valence-electron chi connectivity index (χ1n) is 7.19. The number of rotatable bonds is 6. The normalized spacial score (nSPS) is 12.3. The minimum Gasteiger partial charge on any atom is -0.480 e. The number of anilines is 1. The Morgan fingerprint density at radius 1 is 1.18 bits per heavy atom. The summed E-state index contributed by atoms with van der Waals surface area (Å²) in [5.41, 5.74) is 0.775. The number of amides is 1. The van der Waals surface area contributed by atoms with Crippen LogP contribution >= 0.6 is 0 Å². The van der Waals surface area contributed by atoms with Gasteiger partial charge in [-0.3, -0.25) is 14.5 Å². The summed E-state index contributed by atoms with van der Waals surface area (Å²) >= 11 is 0. The largest absolute Gasteiger partial charge is 0.480 e. The van der Waals surface area contributed by atoms with Crippen LogP contribution < -0.4 is 5.32 Å². The Hall–Kier alpha value is -2.40. The maximum Gasteiger partial charge on any atom is 0.320 e. The summed E-state index contributed by atoms with van der Waals surface area (Å²) in [6.07, 6.45) is 0.247. The second-order valence-electron chi connectivity index (χ2n) is 5.32. The molecule has 0 aliphatic rings. The summed E-state index contributed by atoms with van der Waals surface area (Å²) in [7, 11) is 1.70. The van der Waals surface area contributed by atoms with Gasteiger partial charge in [0.05, 0.1) is 0 Å². The summed E-state index contributed by atoms with van der Waals surface area (Å²) in [6.45, 7) is 2.00. The van der Waals surface area contributed by atoms with Gasteiger partial charge in [0.1, 0.15) is 6.04 Å². The number of carbonyl (C=O) groups excluding carboxylic acids is 1. The van der Waals surface area contributed by atoms with Crippen molar-refractivity contribution >= 4 is 28.3 Å². The maximum absolute atomic E-state index is 12.1. The lowest BCUT2D eigenvalue weighted by Crippen LogP contribution is -2.37. The van der Waals surface area contributed by atoms with Crippen LogP contribution in [0.3, 0.4) is 0 Å². The van der Waals surface area contributed by atoms with Crippen LogP contribution in [-0.2, 0) is 9.59 Å². The van der Waals surface area contributed by atoms with E-state index in [-0.39, 0.29) is 12.3 Å². The molecule has 5 heteroatoms. The molecule has 0 aliphatic carbocycles. The van der Waals surface area contributed by atoms with Crippen molar-refractivity contribution in [3.63, 3.8) is 0 Å². The molecule has 116 valence electrons. The van der Waals surface area contributed by atoms with Gasteiger partial charge in [0, 0.05) is 24.0 Å². The molecule has 0 aliphatic heterocycles. The zero-order valence-electron chi connectivity index (χ0n) is 12.7. The molecule has 1 atom stereocenters. The van der Waals surface area contributed by atoms with Crippen molar-refractivity contribution in [3.8, 4) is 0 Å². The molecular weight excluding hydrogens is 280 g/mol.